The number of benzene rings is 1. The van der Waals surface area contributed by atoms with E-state index in [4.69, 9.17) is 0 Å². The van der Waals surface area contributed by atoms with Gasteiger partial charge in [-0.15, -0.1) is 0 Å². The van der Waals surface area contributed by atoms with Gasteiger partial charge in [-0.3, -0.25) is 0 Å². The molecule has 90 valence electrons. The van der Waals surface area contributed by atoms with Crippen LogP contribution in [-0.4, -0.2) is 11.2 Å². The van der Waals surface area contributed by atoms with Gasteiger partial charge in [-0.25, -0.2) is 9.18 Å². The lowest BCUT2D eigenvalue weighted by Crippen LogP contribution is -2.33. The lowest BCUT2D eigenvalue weighted by atomic mass is 9.70. The Labute approximate surface area is 106 Å². The van der Waals surface area contributed by atoms with Gasteiger partial charge in [0, 0.05) is 10.0 Å². The molecule has 1 aromatic carbocycles. The number of carbonyl (C=O) groups excluding carboxylic acids is 1. The number of isocyanates is 1. The maximum absolute atomic E-state index is 13.5. The Hall–Kier alpha value is -1.19. The standard InChI is InChI=1S/C12H11BrFNO2/c1-7-8(13)5-9(14)11(17)10(7)12(15-6-16)3-2-4-12/h5,17H,2-4H2,1H3. The van der Waals surface area contributed by atoms with Gasteiger partial charge in [-0.2, -0.15) is 4.99 Å². The van der Waals surface area contributed by atoms with Gasteiger partial charge < -0.3 is 5.11 Å². The fraction of sp³-hybridized carbons (Fsp3) is 0.417. The summed E-state index contributed by atoms with van der Waals surface area (Å²) in [6.45, 7) is 1.76. The van der Waals surface area contributed by atoms with Crippen LogP contribution in [0.15, 0.2) is 15.5 Å². The molecular formula is C12H11BrFNO2. The fourth-order valence-electron chi connectivity index (χ4n) is 2.29. The van der Waals surface area contributed by atoms with Gasteiger partial charge in [0.1, 0.15) is 5.54 Å². The molecule has 3 nitrogen and oxygen atoms in total. The lowest BCUT2D eigenvalue weighted by molar-refractivity contribution is 0.243. The third-order valence-electron chi connectivity index (χ3n) is 3.36. The summed E-state index contributed by atoms with van der Waals surface area (Å²) in [5, 5.41) is 9.84. The quantitative estimate of drug-likeness (QED) is 0.673. The molecule has 5 heteroatoms. The van der Waals surface area contributed by atoms with Gasteiger partial charge in [0.2, 0.25) is 6.08 Å². The average molecular weight is 300 g/mol. The number of hydrogen-bond donors (Lipinski definition) is 1. The highest BCUT2D eigenvalue weighted by Crippen LogP contribution is 2.50. The van der Waals surface area contributed by atoms with Gasteiger partial charge in [0.05, 0.1) is 0 Å². The maximum Gasteiger partial charge on any atom is 0.235 e. The number of aliphatic imine (C=N–C) groups is 1. The van der Waals surface area contributed by atoms with Gasteiger partial charge in [0.15, 0.2) is 11.6 Å². The lowest BCUT2D eigenvalue weighted by Gasteiger charge is -2.38. The molecule has 0 radical (unpaired) electrons. The number of phenols is 1. The smallest absolute Gasteiger partial charge is 0.235 e. The molecule has 0 saturated heterocycles. The number of aromatic hydroxyl groups is 1. The van der Waals surface area contributed by atoms with Crippen molar-refractivity contribution in [1.29, 1.82) is 0 Å². The summed E-state index contributed by atoms with van der Waals surface area (Å²) in [4.78, 5) is 14.3. The van der Waals surface area contributed by atoms with Crippen molar-refractivity contribution in [3.05, 3.63) is 27.5 Å². The van der Waals surface area contributed by atoms with Crippen LogP contribution in [0.4, 0.5) is 4.39 Å². The first-order chi connectivity index (χ1) is 8.02. The molecular weight excluding hydrogens is 289 g/mol. The van der Waals surface area contributed by atoms with Crippen molar-refractivity contribution in [2.75, 3.05) is 0 Å². The molecule has 1 aliphatic carbocycles. The van der Waals surface area contributed by atoms with Gasteiger partial charge in [-0.1, -0.05) is 15.9 Å². The van der Waals surface area contributed by atoms with Crippen LogP contribution in [-0.2, 0) is 10.3 Å². The largest absolute Gasteiger partial charge is 0.505 e. The Bertz CT molecular complexity index is 493. The minimum absolute atomic E-state index is 0.402. The summed E-state index contributed by atoms with van der Waals surface area (Å²) in [6, 6.07) is 1.21. The second-order valence-corrected chi connectivity index (χ2v) is 5.13. The zero-order chi connectivity index (χ0) is 12.6. The van der Waals surface area contributed by atoms with Crippen molar-refractivity contribution < 1.29 is 14.3 Å². The highest BCUT2D eigenvalue weighted by molar-refractivity contribution is 9.10. The fourth-order valence-corrected chi connectivity index (χ4v) is 2.69. The molecule has 1 saturated carbocycles. The van der Waals surface area contributed by atoms with Crippen LogP contribution in [0, 0.1) is 12.7 Å². The molecule has 2 rings (SSSR count). The Kier molecular flexibility index (Phi) is 3.06. The Morgan fingerprint density at radius 2 is 2.24 bits per heavy atom. The second-order valence-electron chi connectivity index (χ2n) is 4.28. The molecule has 1 fully saturated rings. The van der Waals surface area contributed by atoms with Gasteiger partial charge >= 0.3 is 0 Å². The minimum Gasteiger partial charge on any atom is -0.505 e. The molecule has 0 unspecified atom stereocenters. The third-order valence-corrected chi connectivity index (χ3v) is 4.18. The average Bonchev–Trinajstić information content (AvgIpc) is 2.23. The summed E-state index contributed by atoms with van der Waals surface area (Å²) in [7, 11) is 0. The van der Waals surface area contributed by atoms with Crippen molar-refractivity contribution in [3.8, 4) is 5.75 Å². The predicted octanol–water partition coefficient (Wildman–Crippen LogP) is 3.32. The number of phenolic OH excluding ortho intramolecular Hbond substituents is 1. The molecule has 1 aliphatic rings. The van der Waals surface area contributed by atoms with E-state index in [0.29, 0.717) is 28.4 Å². The second kappa shape index (κ2) is 4.24. The summed E-state index contributed by atoms with van der Waals surface area (Å²) >= 11 is 3.24. The van der Waals surface area contributed by atoms with Crippen LogP contribution in [0.2, 0.25) is 0 Å². The molecule has 0 atom stereocenters. The first-order valence-corrected chi connectivity index (χ1v) is 6.08. The minimum atomic E-state index is -0.791. The van der Waals surface area contributed by atoms with Crippen molar-refractivity contribution >= 4 is 22.0 Å². The summed E-state index contributed by atoms with van der Waals surface area (Å²) < 4.78 is 14.1. The highest BCUT2D eigenvalue weighted by atomic mass is 79.9. The molecule has 17 heavy (non-hydrogen) atoms. The van der Waals surface area contributed by atoms with E-state index in [2.05, 4.69) is 20.9 Å². The summed E-state index contributed by atoms with van der Waals surface area (Å²) in [5.74, 6) is -1.12. The van der Waals surface area contributed by atoms with Crippen molar-refractivity contribution in [2.45, 2.75) is 31.7 Å². The van der Waals surface area contributed by atoms with Gasteiger partial charge in [-0.05, 0) is 37.8 Å². The maximum atomic E-state index is 13.5. The zero-order valence-corrected chi connectivity index (χ0v) is 10.8. The van der Waals surface area contributed by atoms with E-state index in [0.717, 1.165) is 6.42 Å². The van der Waals surface area contributed by atoms with E-state index in [1.54, 1.807) is 6.92 Å². The van der Waals surface area contributed by atoms with E-state index in [1.165, 1.54) is 12.1 Å². The van der Waals surface area contributed by atoms with E-state index in [-0.39, 0.29) is 0 Å². The van der Waals surface area contributed by atoms with Crippen molar-refractivity contribution in [2.24, 2.45) is 4.99 Å². The third kappa shape index (κ3) is 1.79. The molecule has 1 aromatic rings. The van der Waals surface area contributed by atoms with E-state index >= 15 is 0 Å². The van der Waals surface area contributed by atoms with Crippen molar-refractivity contribution in [3.63, 3.8) is 0 Å². The summed E-state index contributed by atoms with van der Waals surface area (Å²) in [5.41, 5.74) is 0.321. The molecule has 0 spiro atoms. The van der Waals surface area contributed by atoms with E-state index in [1.807, 2.05) is 0 Å². The van der Waals surface area contributed by atoms with Crippen LogP contribution in [0.5, 0.6) is 5.75 Å². The monoisotopic (exact) mass is 299 g/mol. The SMILES string of the molecule is Cc1c(Br)cc(F)c(O)c1C1(N=C=O)CCC1. The van der Waals surface area contributed by atoms with Crippen LogP contribution >= 0.6 is 15.9 Å². The van der Waals surface area contributed by atoms with Crippen LogP contribution in [0.1, 0.15) is 30.4 Å². The molecule has 0 bridgehead atoms. The molecule has 1 N–H and O–H groups in total. The predicted molar refractivity (Wildman–Crippen MR) is 64.2 cm³/mol. The topological polar surface area (TPSA) is 49.7 Å². The Balaban J connectivity index is 2.69. The van der Waals surface area contributed by atoms with Crippen LogP contribution in [0.25, 0.3) is 0 Å². The Morgan fingerprint density at radius 3 is 2.71 bits per heavy atom. The number of halogens is 2. The van der Waals surface area contributed by atoms with Crippen LogP contribution in [0.3, 0.4) is 0 Å². The first-order valence-electron chi connectivity index (χ1n) is 5.29. The number of hydrogen-bond acceptors (Lipinski definition) is 3. The van der Waals surface area contributed by atoms with E-state index in [9.17, 15) is 14.3 Å². The molecule has 0 heterocycles. The van der Waals surface area contributed by atoms with Crippen molar-refractivity contribution in [1.82, 2.24) is 0 Å². The Morgan fingerprint density at radius 1 is 1.59 bits per heavy atom. The molecule has 0 aliphatic heterocycles. The number of rotatable bonds is 2. The first kappa shape index (κ1) is 12.3. The normalized spacial score (nSPS) is 17.1. The number of nitrogens with zero attached hydrogens (tertiary/aromatic N) is 1. The molecule has 0 amide bonds. The van der Waals surface area contributed by atoms with Gasteiger partial charge in [0.25, 0.3) is 0 Å². The van der Waals surface area contributed by atoms with E-state index < -0.39 is 17.1 Å². The summed E-state index contributed by atoms with van der Waals surface area (Å²) in [6.07, 6.45) is 3.69. The molecule has 0 aromatic heterocycles. The van der Waals surface area contributed by atoms with Crippen LogP contribution < -0.4 is 0 Å². The zero-order valence-electron chi connectivity index (χ0n) is 9.26. The highest BCUT2D eigenvalue weighted by Gasteiger charge is 2.43.